The Balaban J connectivity index is 1.50. The summed E-state index contributed by atoms with van der Waals surface area (Å²) in [5.41, 5.74) is 0. The fourth-order valence-corrected chi connectivity index (χ4v) is 3.78. The third-order valence-corrected chi connectivity index (χ3v) is 5.35. The fraction of sp³-hybridized carbons (Fsp3) is 1.00. The summed E-state index contributed by atoms with van der Waals surface area (Å²) in [7, 11) is 0. The highest BCUT2D eigenvalue weighted by Crippen LogP contribution is 2.37. The largest absolute Gasteiger partial charge is 0.376 e. The SMILES string of the molecule is CCCNC1CCC2(CC1OCCC1CCC1)OCCO2. The molecule has 1 saturated heterocycles. The minimum Gasteiger partial charge on any atom is -0.376 e. The van der Waals surface area contributed by atoms with Gasteiger partial charge in [-0.25, -0.2) is 0 Å². The first kappa shape index (κ1) is 15.7. The van der Waals surface area contributed by atoms with Gasteiger partial charge >= 0.3 is 0 Å². The predicted octanol–water partition coefficient (Wildman–Crippen LogP) is 2.86. The van der Waals surface area contributed by atoms with Crippen molar-refractivity contribution in [3.8, 4) is 0 Å². The van der Waals surface area contributed by atoms with Crippen molar-refractivity contribution in [3.63, 3.8) is 0 Å². The normalized spacial score (nSPS) is 32.4. The molecule has 1 spiro atoms. The first-order chi connectivity index (χ1) is 10.3. The minimum absolute atomic E-state index is 0.239. The van der Waals surface area contributed by atoms with Crippen molar-refractivity contribution in [1.29, 1.82) is 0 Å². The molecule has 2 atom stereocenters. The van der Waals surface area contributed by atoms with E-state index in [1.807, 2.05) is 0 Å². The zero-order valence-electron chi connectivity index (χ0n) is 13.4. The van der Waals surface area contributed by atoms with Crippen LogP contribution in [0.4, 0.5) is 0 Å². The lowest BCUT2D eigenvalue weighted by molar-refractivity contribution is -0.207. The van der Waals surface area contributed by atoms with Crippen LogP contribution in [0.25, 0.3) is 0 Å². The molecule has 2 saturated carbocycles. The van der Waals surface area contributed by atoms with E-state index < -0.39 is 0 Å². The third kappa shape index (κ3) is 3.98. The molecule has 0 aromatic rings. The van der Waals surface area contributed by atoms with Gasteiger partial charge in [-0.05, 0) is 31.7 Å². The summed E-state index contributed by atoms with van der Waals surface area (Å²) in [5, 5.41) is 3.66. The van der Waals surface area contributed by atoms with Crippen molar-refractivity contribution in [2.24, 2.45) is 5.92 Å². The molecule has 122 valence electrons. The summed E-state index contributed by atoms with van der Waals surface area (Å²) >= 11 is 0. The Morgan fingerprint density at radius 3 is 2.67 bits per heavy atom. The highest BCUT2D eigenvalue weighted by atomic mass is 16.7. The van der Waals surface area contributed by atoms with Gasteiger partial charge in [0.25, 0.3) is 0 Å². The first-order valence-corrected chi connectivity index (χ1v) is 8.94. The second-order valence-electron chi connectivity index (χ2n) is 6.91. The van der Waals surface area contributed by atoms with E-state index in [0.29, 0.717) is 6.04 Å². The summed E-state index contributed by atoms with van der Waals surface area (Å²) in [6.45, 7) is 5.66. The molecule has 0 aromatic carbocycles. The predicted molar refractivity (Wildman–Crippen MR) is 82.3 cm³/mol. The number of hydrogen-bond acceptors (Lipinski definition) is 4. The summed E-state index contributed by atoms with van der Waals surface area (Å²) in [4.78, 5) is 0. The summed E-state index contributed by atoms with van der Waals surface area (Å²) in [6, 6.07) is 0.463. The summed E-state index contributed by atoms with van der Waals surface area (Å²) in [5.74, 6) is 0.578. The highest BCUT2D eigenvalue weighted by molar-refractivity contribution is 4.92. The van der Waals surface area contributed by atoms with E-state index in [0.717, 1.165) is 51.5 Å². The number of rotatable bonds is 7. The lowest BCUT2D eigenvalue weighted by atomic mass is 9.83. The molecule has 0 aromatic heterocycles. The molecule has 0 radical (unpaired) electrons. The quantitative estimate of drug-likeness (QED) is 0.784. The van der Waals surface area contributed by atoms with E-state index in [1.54, 1.807) is 0 Å². The van der Waals surface area contributed by atoms with Crippen LogP contribution in [0.15, 0.2) is 0 Å². The maximum Gasteiger partial charge on any atom is 0.171 e. The zero-order valence-corrected chi connectivity index (χ0v) is 13.4. The molecule has 4 heteroatoms. The first-order valence-electron chi connectivity index (χ1n) is 8.94. The molecule has 3 rings (SSSR count). The molecule has 2 unspecified atom stereocenters. The zero-order chi connectivity index (χ0) is 14.5. The highest BCUT2D eigenvalue weighted by Gasteiger charge is 2.45. The lowest BCUT2D eigenvalue weighted by Crippen LogP contribution is -2.52. The average Bonchev–Trinajstić information content (AvgIpc) is 2.89. The molecule has 3 fully saturated rings. The maximum atomic E-state index is 6.26. The Morgan fingerprint density at radius 2 is 2.00 bits per heavy atom. The van der Waals surface area contributed by atoms with Gasteiger partial charge in [0.2, 0.25) is 0 Å². The molecular weight excluding hydrogens is 266 g/mol. The van der Waals surface area contributed by atoms with Crippen LogP contribution in [-0.2, 0) is 14.2 Å². The van der Waals surface area contributed by atoms with Crippen LogP contribution in [0.2, 0.25) is 0 Å². The Hall–Kier alpha value is -0.160. The van der Waals surface area contributed by atoms with Crippen molar-refractivity contribution in [2.75, 3.05) is 26.4 Å². The third-order valence-electron chi connectivity index (χ3n) is 5.35. The van der Waals surface area contributed by atoms with Crippen LogP contribution in [0.3, 0.4) is 0 Å². The molecule has 0 bridgehead atoms. The Morgan fingerprint density at radius 1 is 1.19 bits per heavy atom. The monoisotopic (exact) mass is 297 g/mol. The lowest BCUT2D eigenvalue weighted by Gasteiger charge is -2.41. The van der Waals surface area contributed by atoms with E-state index in [-0.39, 0.29) is 11.9 Å². The van der Waals surface area contributed by atoms with Gasteiger partial charge in [-0.2, -0.15) is 0 Å². The summed E-state index contributed by atoms with van der Waals surface area (Å²) < 4.78 is 18.1. The molecule has 1 heterocycles. The van der Waals surface area contributed by atoms with Gasteiger partial charge in [0, 0.05) is 25.5 Å². The maximum absolute atomic E-state index is 6.26. The number of hydrogen-bond donors (Lipinski definition) is 1. The number of nitrogens with one attached hydrogen (secondary N) is 1. The van der Waals surface area contributed by atoms with Gasteiger partial charge in [-0.3, -0.25) is 0 Å². The van der Waals surface area contributed by atoms with Crippen molar-refractivity contribution in [2.45, 2.75) is 76.2 Å². The molecule has 2 aliphatic carbocycles. The van der Waals surface area contributed by atoms with Crippen LogP contribution < -0.4 is 5.32 Å². The van der Waals surface area contributed by atoms with Gasteiger partial charge in [-0.1, -0.05) is 26.2 Å². The Bertz CT molecular complexity index is 313. The number of ether oxygens (including phenoxy) is 3. The smallest absolute Gasteiger partial charge is 0.171 e. The van der Waals surface area contributed by atoms with E-state index >= 15 is 0 Å². The minimum atomic E-state index is -0.342. The van der Waals surface area contributed by atoms with Crippen molar-refractivity contribution >= 4 is 0 Å². The average molecular weight is 297 g/mol. The van der Waals surface area contributed by atoms with Crippen molar-refractivity contribution in [1.82, 2.24) is 5.32 Å². The molecule has 1 N–H and O–H groups in total. The molecule has 4 nitrogen and oxygen atoms in total. The molecule has 3 aliphatic rings. The topological polar surface area (TPSA) is 39.7 Å². The van der Waals surface area contributed by atoms with Crippen LogP contribution in [0.5, 0.6) is 0 Å². The van der Waals surface area contributed by atoms with Gasteiger partial charge in [-0.15, -0.1) is 0 Å². The van der Waals surface area contributed by atoms with Gasteiger partial charge in [0.05, 0.1) is 19.3 Å². The second kappa shape index (κ2) is 7.40. The molecule has 1 aliphatic heterocycles. The van der Waals surface area contributed by atoms with Gasteiger partial charge in [0.15, 0.2) is 5.79 Å². The Kier molecular flexibility index (Phi) is 5.54. The van der Waals surface area contributed by atoms with E-state index in [2.05, 4.69) is 12.2 Å². The van der Waals surface area contributed by atoms with Gasteiger partial charge < -0.3 is 19.5 Å². The molecular formula is C17H31NO3. The van der Waals surface area contributed by atoms with Gasteiger partial charge in [0.1, 0.15) is 0 Å². The van der Waals surface area contributed by atoms with E-state index in [9.17, 15) is 0 Å². The van der Waals surface area contributed by atoms with Crippen LogP contribution >= 0.6 is 0 Å². The van der Waals surface area contributed by atoms with Crippen molar-refractivity contribution in [3.05, 3.63) is 0 Å². The van der Waals surface area contributed by atoms with Crippen LogP contribution in [0, 0.1) is 5.92 Å². The Labute approximate surface area is 128 Å². The molecule has 0 amide bonds. The van der Waals surface area contributed by atoms with Crippen LogP contribution in [-0.4, -0.2) is 44.3 Å². The fourth-order valence-electron chi connectivity index (χ4n) is 3.78. The van der Waals surface area contributed by atoms with E-state index in [4.69, 9.17) is 14.2 Å². The van der Waals surface area contributed by atoms with E-state index in [1.165, 1.54) is 32.1 Å². The second-order valence-corrected chi connectivity index (χ2v) is 6.91. The van der Waals surface area contributed by atoms with Crippen molar-refractivity contribution < 1.29 is 14.2 Å². The molecule has 21 heavy (non-hydrogen) atoms. The standard InChI is InChI=1S/C17H31NO3/c1-2-9-18-15-6-8-17(20-11-12-21-17)13-16(15)19-10-7-14-4-3-5-14/h14-16,18H,2-13H2,1H3. The van der Waals surface area contributed by atoms with Crippen LogP contribution in [0.1, 0.15) is 58.3 Å². The summed E-state index contributed by atoms with van der Waals surface area (Å²) in [6.07, 6.45) is 9.84.